The lowest BCUT2D eigenvalue weighted by molar-refractivity contribution is -0.155. The summed E-state index contributed by atoms with van der Waals surface area (Å²) in [6, 6.07) is 12.2. The number of thioether (sulfide) groups is 1. The molecule has 1 saturated heterocycles. The average molecular weight is 509 g/mol. The van der Waals surface area contributed by atoms with Crippen LogP contribution < -0.4 is 4.74 Å². The highest BCUT2D eigenvalue weighted by Crippen LogP contribution is 2.47. The lowest BCUT2D eigenvalue weighted by Gasteiger charge is -2.38. The molecule has 0 unspecified atom stereocenters. The molecule has 0 aliphatic carbocycles. The van der Waals surface area contributed by atoms with Crippen LogP contribution in [0.5, 0.6) is 5.75 Å². The zero-order valence-corrected chi connectivity index (χ0v) is 21.8. The van der Waals surface area contributed by atoms with E-state index in [4.69, 9.17) is 32.7 Å². The number of hydrogen-bond donors (Lipinski definition) is 0. The fraction of sp³-hybridized carbons (Fsp3) is 0.500. The third kappa shape index (κ3) is 6.00. The SMILES string of the molecule is CC(C)(C)OC(=O)CCN1CCC2(CC1)COc1cc(SCc3c(Cl)cccc3Cl)ccc12. The number of carbonyl (C=O) groups excluding carboxylic acids is 1. The van der Waals surface area contributed by atoms with Crippen LogP contribution in [0.2, 0.25) is 10.0 Å². The maximum atomic E-state index is 12.0. The molecule has 2 aliphatic rings. The molecule has 2 aromatic carbocycles. The van der Waals surface area contributed by atoms with Gasteiger partial charge in [0.05, 0.1) is 13.0 Å². The summed E-state index contributed by atoms with van der Waals surface area (Å²) < 4.78 is 11.6. The predicted octanol–water partition coefficient (Wildman–Crippen LogP) is 6.74. The summed E-state index contributed by atoms with van der Waals surface area (Å²) in [6.45, 7) is 9.13. The molecule has 2 aromatic rings. The first-order valence-corrected chi connectivity index (χ1v) is 13.2. The van der Waals surface area contributed by atoms with Gasteiger partial charge in [0.1, 0.15) is 11.4 Å². The predicted molar refractivity (Wildman–Crippen MR) is 136 cm³/mol. The van der Waals surface area contributed by atoms with Gasteiger partial charge in [0.2, 0.25) is 0 Å². The summed E-state index contributed by atoms with van der Waals surface area (Å²) in [6.07, 6.45) is 2.51. The second kappa shape index (κ2) is 10.1. The van der Waals surface area contributed by atoms with Gasteiger partial charge in [-0.3, -0.25) is 4.79 Å². The van der Waals surface area contributed by atoms with Gasteiger partial charge in [0, 0.05) is 38.2 Å². The molecule has 0 aromatic heterocycles. The summed E-state index contributed by atoms with van der Waals surface area (Å²) in [5, 5.41) is 1.40. The van der Waals surface area contributed by atoms with E-state index in [1.165, 1.54) is 5.56 Å². The number of rotatable bonds is 6. The van der Waals surface area contributed by atoms with E-state index in [2.05, 4.69) is 23.1 Å². The van der Waals surface area contributed by atoms with Crippen LogP contribution in [-0.4, -0.2) is 42.7 Å². The Hall–Kier alpha value is -1.40. The summed E-state index contributed by atoms with van der Waals surface area (Å²) in [4.78, 5) is 15.6. The fourth-order valence-electron chi connectivity index (χ4n) is 4.53. The molecular formula is C26H31Cl2NO3S. The van der Waals surface area contributed by atoms with Crippen molar-refractivity contribution < 1.29 is 14.3 Å². The normalized spacial score (nSPS) is 17.6. The molecule has 1 fully saturated rings. The van der Waals surface area contributed by atoms with Crippen molar-refractivity contribution in [3.8, 4) is 5.75 Å². The van der Waals surface area contributed by atoms with Gasteiger partial charge in [-0.1, -0.05) is 35.3 Å². The van der Waals surface area contributed by atoms with E-state index in [-0.39, 0.29) is 11.4 Å². The molecule has 7 heteroatoms. The number of likely N-dealkylation sites (tertiary alicyclic amines) is 1. The van der Waals surface area contributed by atoms with Crippen molar-refractivity contribution in [1.82, 2.24) is 4.90 Å². The number of nitrogens with zero attached hydrogens (tertiary/aromatic N) is 1. The molecule has 33 heavy (non-hydrogen) atoms. The number of fused-ring (bicyclic) bond motifs is 2. The van der Waals surface area contributed by atoms with Crippen LogP contribution in [0.1, 0.15) is 51.2 Å². The van der Waals surface area contributed by atoms with Crippen molar-refractivity contribution >= 4 is 40.9 Å². The van der Waals surface area contributed by atoms with E-state index in [9.17, 15) is 4.79 Å². The molecule has 0 amide bonds. The van der Waals surface area contributed by atoms with E-state index in [0.29, 0.717) is 16.5 Å². The van der Waals surface area contributed by atoms with Gasteiger partial charge >= 0.3 is 5.97 Å². The monoisotopic (exact) mass is 507 g/mol. The second-order valence-corrected chi connectivity index (χ2v) is 11.8. The second-order valence-electron chi connectivity index (χ2n) is 9.89. The van der Waals surface area contributed by atoms with Crippen LogP contribution in [0.4, 0.5) is 0 Å². The van der Waals surface area contributed by atoms with Crippen molar-refractivity contribution in [2.24, 2.45) is 0 Å². The van der Waals surface area contributed by atoms with E-state index in [0.717, 1.165) is 61.0 Å². The average Bonchev–Trinajstić information content (AvgIpc) is 3.09. The van der Waals surface area contributed by atoms with Gasteiger partial charge in [-0.2, -0.15) is 0 Å². The van der Waals surface area contributed by atoms with Crippen LogP contribution in [-0.2, 0) is 20.7 Å². The van der Waals surface area contributed by atoms with Crippen LogP contribution in [0.3, 0.4) is 0 Å². The summed E-state index contributed by atoms with van der Waals surface area (Å²) in [7, 11) is 0. The Morgan fingerprint density at radius 2 is 1.85 bits per heavy atom. The minimum absolute atomic E-state index is 0.0764. The Bertz CT molecular complexity index is 993. The van der Waals surface area contributed by atoms with Crippen LogP contribution in [0, 0.1) is 0 Å². The Morgan fingerprint density at radius 1 is 1.15 bits per heavy atom. The first kappa shape index (κ1) is 24.7. The third-order valence-corrected chi connectivity index (χ3v) is 8.07. The largest absolute Gasteiger partial charge is 0.492 e. The maximum absolute atomic E-state index is 12.0. The van der Waals surface area contributed by atoms with Crippen LogP contribution in [0.25, 0.3) is 0 Å². The molecule has 0 bridgehead atoms. The molecule has 0 atom stereocenters. The minimum atomic E-state index is -0.426. The lowest BCUT2D eigenvalue weighted by Crippen LogP contribution is -2.44. The standard InChI is InChI=1S/C26H31Cl2NO3S/c1-25(2,3)32-24(30)9-12-29-13-10-26(11-14-29)17-31-23-15-18(7-8-20(23)26)33-16-19-21(27)5-4-6-22(19)28/h4-8,15H,9-14,16-17H2,1-3H3. The number of piperidine rings is 1. The van der Waals surface area contributed by atoms with Gasteiger partial charge in [-0.05, 0) is 76.5 Å². The van der Waals surface area contributed by atoms with Crippen molar-refractivity contribution in [2.45, 2.75) is 61.7 Å². The Kier molecular flexibility index (Phi) is 7.54. The summed E-state index contributed by atoms with van der Waals surface area (Å²) in [5.74, 6) is 1.59. The van der Waals surface area contributed by atoms with Crippen molar-refractivity contribution in [1.29, 1.82) is 0 Å². The summed E-state index contributed by atoms with van der Waals surface area (Å²) >= 11 is 14.3. The highest BCUT2D eigenvalue weighted by Gasteiger charge is 2.43. The van der Waals surface area contributed by atoms with Crippen molar-refractivity contribution in [3.63, 3.8) is 0 Å². The highest BCUT2D eigenvalue weighted by atomic mass is 35.5. The van der Waals surface area contributed by atoms with Gasteiger partial charge in [-0.15, -0.1) is 11.8 Å². The van der Waals surface area contributed by atoms with Crippen molar-refractivity contribution in [3.05, 3.63) is 57.6 Å². The molecule has 4 nitrogen and oxygen atoms in total. The molecule has 178 valence electrons. The third-order valence-electron chi connectivity index (χ3n) is 6.34. The molecule has 1 spiro atoms. The van der Waals surface area contributed by atoms with Gasteiger partial charge in [0.25, 0.3) is 0 Å². The van der Waals surface area contributed by atoms with Crippen LogP contribution in [0.15, 0.2) is 41.3 Å². The number of benzene rings is 2. The van der Waals surface area contributed by atoms with Gasteiger partial charge in [-0.25, -0.2) is 0 Å². The van der Waals surface area contributed by atoms with E-state index >= 15 is 0 Å². The smallest absolute Gasteiger partial charge is 0.307 e. The molecule has 2 aliphatic heterocycles. The summed E-state index contributed by atoms with van der Waals surface area (Å²) in [5.41, 5.74) is 1.93. The number of ether oxygens (including phenoxy) is 2. The molecule has 2 heterocycles. The van der Waals surface area contributed by atoms with Crippen LogP contribution >= 0.6 is 35.0 Å². The number of carbonyl (C=O) groups is 1. The Balaban J connectivity index is 1.33. The van der Waals surface area contributed by atoms with Crippen molar-refractivity contribution in [2.75, 3.05) is 26.2 Å². The van der Waals surface area contributed by atoms with E-state index in [1.54, 1.807) is 11.8 Å². The van der Waals surface area contributed by atoms with E-state index in [1.807, 2.05) is 39.0 Å². The lowest BCUT2D eigenvalue weighted by atomic mass is 9.74. The minimum Gasteiger partial charge on any atom is -0.492 e. The topological polar surface area (TPSA) is 38.8 Å². The van der Waals surface area contributed by atoms with E-state index < -0.39 is 5.60 Å². The number of esters is 1. The Morgan fingerprint density at radius 3 is 2.52 bits per heavy atom. The number of hydrogen-bond acceptors (Lipinski definition) is 5. The highest BCUT2D eigenvalue weighted by molar-refractivity contribution is 7.98. The quantitative estimate of drug-likeness (QED) is 0.319. The zero-order valence-electron chi connectivity index (χ0n) is 19.5. The maximum Gasteiger partial charge on any atom is 0.307 e. The zero-order chi connectivity index (χ0) is 23.6. The molecule has 0 radical (unpaired) electrons. The molecule has 4 rings (SSSR count). The first-order chi connectivity index (χ1) is 15.7. The van der Waals surface area contributed by atoms with Gasteiger partial charge in [0.15, 0.2) is 0 Å². The molecule has 0 N–H and O–H groups in total. The van der Waals surface area contributed by atoms with Gasteiger partial charge < -0.3 is 14.4 Å². The first-order valence-electron chi connectivity index (χ1n) is 11.4. The molecule has 0 saturated carbocycles. The molecular weight excluding hydrogens is 477 g/mol. The number of halogens is 2. The Labute approximate surface area is 210 Å². The fourth-order valence-corrected chi connectivity index (χ4v) is 6.20.